The number of nitrogens with zero attached hydrogens (tertiary/aromatic N) is 1. The molecule has 1 heterocycles. The molecule has 1 unspecified atom stereocenters. The molecule has 0 aromatic heterocycles. The first-order valence-corrected chi connectivity index (χ1v) is 7.15. The highest BCUT2D eigenvalue weighted by molar-refractivity contribution is 6.39. The minimum absolute atomic E-state index is 0.420. The fourth-order valence-corrected chi connectivity index (χ4v) is 2.65. The quantitative estimate of drug-likeness (QED) is 0.800. The summed E-state index contributed by atoms with van der Waals surface area (Å²) in [4.78, 5) is 25.9. The predicted molar refractivity (Wildman–Crippen MR) is 79.5 cm³/mol. The van der Waals surface area contributed by atoms with E-state index in [2.05, 4.69) is 12.2 Å². The van der Waals surface area contributed by atoms with Crippen LogP contribution in [-0.2, 0) is 9.59 Å². The first kappa shape index (κ1) is 14.6. The Morgan fingerprint density at radius 2 is 2.05 bits per heavy atom. The zero-order valence-electron chi connectivity index (χ0n) is 12.4. The minimum Gasteiger partial charge on any atom is -0.334 e. The first-order chi connectivity index (χ1) is 9.47. The summed E-state index contributed by atoms with van der Waals surface area (Å²) in [5, 5.41) is 2.72. The molecule has 0 saturated carbocycles. The van der Waals surface area contributed by atoms with Crippen molar-refractivity contribution in [2.24, 2.45) is 5.92 Å². The fourth-order valence-electron chi connectivity index (χ4n) is 2.65. The standard InChI is InChI=1S/C16H22N2O2/c1-11-6-7-14(13(3)9-11)17-15(19)16(20)18-8-4-5-12(2)10-18/h6-7,9,12H,4-5,8,10H2,1-3H3,(H,17,19). The van der Waals surface area contributed by atoms with E-state index in [9.17, 15) is 9.59 Å². The lowest BCUT2D eigenvalue weighted by Gasteiger charge is -2.30. The third-order valence-electron chi connectivity index (χ3n) is 3.77. The molecule has 4 heteroatoms. The maximum atomic E-state index is 12.1. The first-order valence-electron chi connectivity index (χ1n) is 7.15. The van der Waals surface area contributed by atoms with E-state index in [4.69, 9.17) is 0 Å². The molecular formula is C16H22N2O2. The van der Waals surface area contributed by atoms with Crippen molar-refractivity contribution < 1.29 is 9.59 Å². The Kier molecular flexibility index (Phi) is 4.42. The van der Waals surface area contributed by atoms with E-state index in [1.807, 2.05) is 32.0 Å². The molecule has 0 radical (unpaired) electrons. The van der Waals surface area contributed by atoms with Gasteiger partial charge in [0.25, 0.3) is 0 Å². The van der Waals surface area contributed by atoms with Gasteiger partial charge in [-0.1, -0.05) is 24.6 Å². The van der Waals surface area contributed by atoms with Gasteiger partial charge in [0.1, 0.15) is 0 Å². The highest BCUT2D eigenvalue weighted by atomic mass is 16.2. The molecule has 1 fully saturated rings. The van der Waals surface area contributed by atoms with Gasteiger partial charge in [-0.15, -0.1) is 0 Å². The van der Waals surface area contributed by atoms with Gasteiger partial charge < -0.3 is 10.2 Å². The van der Waals surface area contributed by atoms with E-state index < -0.39 is 11.8 Å². The van der Waals surface area contributed by atoms with Crippen LogP contribution in [0.5, 0.6) is 0 Å². The fraction of sp³-hybridized carbons (Fsp3) is 0.500. The Balaban J connectivity index is 2.02. The number of carbonyl (C=O) groups is 2. The third kappa shape index (κ3) is 3.38. The van der Waals surface area contributed by atoms with Crippen LogP contribution in [0.2, 0.25) is 0 Å². The molecular weight excluding hydrogens is 252 g/mol. The highest BCUT2D eigenvalue weighted by Crippen LogP contribution is 2.18. The number of anilines is 1. The summed E-state index contributed by atoms with van der Waals surface area (Å²) in [6, 6.07) is 5.76. The van der Waals surface area contributed by atoms with Crippen molar-refractivity contribution in [1.29, 1.82) is 0 Å². The maximum Gasteiger partial charge on any atom is 0.313 e. The molecule has 4 nitrogen and oxygen atoms in total. The van der Waals surface area contributed by atoms with Gasteiger partial charge in [-0.3, -0.25) is 9.59 Å². The summed E-state index contributed by atoms with van der Waals surface area (Å²) >= 11 is 0. The summed E-state index contributed by atoms with van der Waals surface area (Å²) in [7, 11) is 0. The number of hydrogen-bond donors (Lipinski definition) is 1. The minimum atomic E-state index is -0.536. The molecule has 1 aromatic rings. The zero-order chi connectivity index (χ0) is 14.7. The lowest BCUT2D eigenvalue weighted by Crippen LogP contribution is -2.44. The van der Waals surface area contributed by atoms with E-state index in [1.165, 1.54) is 0 Å². The van der Waals surface area contributed by atoms with Crippen molar-refractivity contribution in [3.8, 4) is 0 Å². The Morgan fingerprint density at radius 3 is 2.70 bits per heavy atom. The average molecular weight is 274 g/mol. The van der Waals surface area contributed by atoms with E-state index in [0.29, 0.717) is 24.7 Å². The third-order valence-corrected chi connectivity index (χ3v) is 3.77. The van der Waals surface area contributed by atoms with Crippen LogP contribution >= 0.6 is 0 Å². The molecule has 0 spiro atoms. The van der Waals surface area contributed by atoms with Crippen LogP contribution in [0.1, 0.15) is 30.9 Å². The molecule has 0 aliphatic carbocycles. The molecule has 20 heavy (non-hydrogen) atoms. The molecule has 1 N–H and O–H groups in total. The van der Waals surface area contributed by atoms with E-state index in [0.717, 1.165) is 24.0 Å². The van der Waals surface area contributed by atoms with Crippen LogP contribution in [-0.4, -0.2) is 29.8 Å². The Morgan fingerprint density at radius 1 is 1.30 bits per heavy atom. The Hall–Kier alpha value is -1.84. The van der Waals surface area contributed by atoms with Gasteiger partial charge in [0.2, 0.25) is 0 Å². The summed E-state index contributed by atoms with van der Waals surface area (Å²) in [6.07, 6.45) is 2.10. The second-order valence-corrected chi connectivity index (χ2v) is 5.77. The number of likely N-dealkylation sites (tertiary alicyclic amines) is 1. The van der Waals surface area contributed by atoms with Crippen molar-refractivity contribution in [2.45, 2.75) is 33.6 Å². The lowest BCUT2D eigenvalue weighted by molar-refractivity contribution is -0.144. The second kappa shape index (κ2) is 6.07. The number of benzene rings is 1. The van der Waals surface area contributed by atoms with Gasteiger partial charge in [0.15, 0.2) is 0 Å². The number of nitrogens with one attached hydrogen (secondary N) is 1. The van der Waals surface area contributed by atoms with Crippen molar-refractivity contribution >= 4 is 17.5 Å². The number of amides is 2. The molecule has 0 bridgehead atoms. The molecule has 1 aliphatic heterocycles. The molecule has 1 aliphatic rings. The van der Waals surface area contributed by atoms with Gasteiger partial charge in [-0.05, 0) is 44.2 Å². The highest BCUT2D eigenvalue weighted by Gasteiger charge is 2.26. The Labute approximate surface area is 120 Å². The molecule has 1 atom stereocenters. The summed E-state index contributed by atoms with van der Waals surface area (Å²) in [5.74, 6) is -0.482. The van der Waals surface area contributed by atoms with Crippen LogP contribution in [0.4, 0.5) is 5.69 Å². The normalized spacial score (nSPS) is 18.8. The van der Waals surface area contributed by atoms with Crippen molar-refractivity contribution in [2.75, 3.05) is 18.4 Å². The summed E-state index contributed by atoms with van der Waals surface area (Å²) in [6.45, 7) is 7.40. The molecule has 2 amide bonds. The van der Waals surface area contributed by atoms with Gasteiger partial charge in [0, 0.05) is 18.8 Å². The summed E-state index contributed by atoms with van der Waals surface area (Å²) < 4.78 is 0. The van der Waals surface area contributed by atoms with Crippen LogP contribution in [0.15, 0.2) is 18.2 Å². The number of hydrogen-bond acceptors (Lipinski definition) is 2. The van der Waals surface area contributed by atoms with Crippen molar-refractivity contribution in [3.63, 3.8) is 0 Å². The zero-order valence-corrected chi connectivity index (χ0v) is 12.4. The van der Waals surface area contributed by atoms with Crippen LogP contribution in [0.3, 0.4) is 0 Å². The largest absolute Gasteiger partial charge is 0.334 e. The van der Waals surface area contributed by atoms with Crippen LogP contribution in [0, 0.1) is 19.8 Å². The number of aryl methyl sites for hydroxylation is 2. The Bertz CT molecular complexity index is 525. The molecule has 2 rings (SSSR count). The lowest BCUT2D eigenvalue weighted by atomic mass is 10.0. The van der Waals surface area contributed by atoms with Gasteiger partial charge >= 0.3 is 11.8 Å². The number of carbonyl (C=O) groups excluding carboxylic acids is 2. The van der Waals surface area contributed by atoms with Crippen molar-refractivity contribution in [3.05, 3.63) is 29.3 Å². The van der Waals surface area contributed by atoms with Gasteiger partial charge in [0.05, 0.1) is 0 Å². The second-order valence-electron chi connectivity index (χ2n) is 5.77. The average Bonchev–Trinajstić information content (AvgIpc) is 2.41. The number of rotatable bonds is 1. The maximum absolute atomic E-state index is 12.1. The van der Waals surface area contributed by atoms with Gasteiger partial charge in [-0.25, -0.2) is 0 Å². The summed E-state index contributed by atoms with van der Waals surface area (Å²) in [5.41, 5.74) is 2.81. The molecule has 1 aromatic carbocycles. The molecule has 108 valence electrons. The van der Waals surface area contributed by atoms with Crippen LogP contribution in [0.25, 0.3) is 0 Å². The molecule has 1 saturated heterocycles. The predicted octanol–water partition coefficient (Wildman–Crippen LogP) is 2.50. The van der Waals surface area contributed by atoms with E-state index in [-0.39, 0.29) is 0 Å². The van der Waals surface area contributed by atoms with Crippen molar-refractivity contribution in [1.82, 2.24) is 4.90 Å². The monoisotopic (exact) mass is 274 g/mol. The van der Waals surface area contributed by atoms with E-state index >= 15 is 0 Å². The SMILES string of the molecule is Cc1ccc(NC(=O)C(=O)N2CCCC(C)C2)c(C)c1. The van der Waals surface area contributed by atoms with Crippen LogP contribution < -0.4 is 5.32 Å². The van der Waals surface area contributed by atoms with E-state index in [1.54, 1.807) is 4.90 Å². The number of piperidine rings is 1. The smallest absolute Gasteiger partial charge is 0.313 e. The van der Waals surface area contributed by atoms with Gasteiger partial charge in [-0.2, -0.15) is 0 Å². The topological polar surface area (TPSA) is 49.4 Å².